The molecule has 3 aromatic rings. The highest BCUT2D eigenvalue weighted by Gasteiger charge is 2.55. The van der Waals surface area contributed by atoms with E-state index in [1.807, 2.05) is 41.8 Å². The van der Waals surface area contributed by atoms with Crippen molar-refractivity contribution in [3.8, 4) is 0 Å². The maximum Gasteiger partial charge on any atom is 0.335 e. The molecule has 6 rings (SSSR count). The summed E-state index contributed by atoms with van der Waals surface area (Å²) in [5.41, 5.74) is 1.75. The predicted octanol–water partition coefficient (Wildman–Crippen LogP) is 4.00. The Bertz CT molecular complexity index is 1530. The number of hydrogen-bond donors (Lipinski definition) is 1. The van der Waals surface area contributed by atoms with E-state index in [2.05, 4.69) is 10.2 Å². The van der Waals surface area contributed by atoms with Gasteiger partial charge < -0.3 is 9.47 Å². The van der Waals surface area contributed by atoms with E-state index in [-0.39, 0.29) is 30.4 Å². The number of urea groups is 1. The first-order valence-electron chi connectivity index (χ1n) is 13.7. The van der Waals surface area contributed by atoms with Crippen molar-refractivity contribution in [2.24, 2.45) is 11.3 Å². The van der Waals surface area contributed by atoms with E-state index in [0.29, 0.717) is 30.3 Å². The average molecular weight is 559 g/mol. The van der Waals surface area contributed by atoms with Gasteiger partial charge in [0.2, 0.25) is 5.91 Å². The van der Waals surface area contributed by atoms with Crippen LogP contribution in [0, 0.1) is 11.3 Å². The van der Waals surface area contributed by atoms with Gasteiger partial charge >= 0.3 is 6.03 Å². The van der Waals surface area contributed by atoms with Gasteiger partial charge in [-0.2, -0.15) is 0 Å². The second-order valence-corrected chi connectivity index (χ2v) is 11.6. The fourth-order valence-electron chi connectivity index (χ4n) is 6.60. The number of piperidine rings is 1. The summed E-state index contributed by atoms with van der Waals surface area (Å²) in [6.07, 6.45) is 1.90. The van der Waals surface area contributed by atoms with Crippen LogP contribution in [-0.2, 0) is 29.0 Å². The third kappa shape index (κ3) is 4.65. The highest BCUT2D eigenvalue weighted by Crippen LogP contribution is 2.39. The Labute approximate surface area is 237 Å². The van der Waals surface area contributed by atoms with E-state index in [4.69, 9.17) is 11.6 Å². The topological polar surface area (TPSA) is 91.7 Å². The zero-order valence-electron chi connectivity index (χ0n) is 22.3. The van der Waals surface area contributed by atoms with Gasteiger partial charge in [-0.25, -0.2) is 9.69 Å². The molecule has 8 nitrogen and oxygen atoms in total. The minimum absolute atomic E-state index is 0.00457. The van der Waals surface area contributed by atoms with Crippen LogP contribution in [0.5, 0.6) is 0 Å². The molecule has 206 valence electrons. The van der Waals surface area contributed by atoms with Crippen LogP contribution in [0.3, 0.4) is 0 Å². The van der Waals surface area contributed by atoms with E-state index in [1.165, 1.54) is 0 Å². The van der Waals surface area contributed by atoms with Crippen LogP contribution in [0.15, 0.2) is 71.5 Å². The van der Waals surface area contributed by atoms with Gasteiger partial charge in [0.25, 0.3) is 11.5 Å². The SMILES string of the molecule is CCc1ccc(N2C(=O)NC(=O)C(Cc3ccc(Cl)cc3)(CN3C[C@@H]4C[C@H](C3)c3cccc(=O)n3C4)C2=O)cc1. The average Bonchev–Trinajstić information content (AvgIpc) is 2.94. The second kappa shape index (κ2) is 10.3. The van der Waals surface area contributed by atoms with Crippen molar-refractivity contribution in [2.75, 3.05) is 24.5 Å². The number of aryl methyl sites for hydroxylation is 1. The lowest BCUT2D eigenvalue weighted by Gasteiger charge is -2.47. The van der Waals surface area contributed by atoms with Crippen LogP contribution >= 0.6 is 11.6 Å². The number of likely N-dealkylation sites (tertiary alicyclic amines) is 1. The third-order valence-electron chi connectivity index (χ3n) is 8.54. The van der Waals surface area contributed by atoms with Crippen molar-refractivity contribution >= 4 is 35.1 Å². The number of nitrogens with zero attached hydrogens (tertiary/aromatic N) is 3. The zero-order chi connectivity index (χ0) is 28.0. The lowest BCUT2D eigenvalue weighted by molar-refractivity contribution is -0.144. The molecular formula is C31H31ClN4O4. The molecule has 1 unspecified atom stereocenters. The van der Waals surface area contributed by atoms with Crippen LogP contribution in [0.2, 0.25) is 5.02 Å². The van der Waals surface area contributed by atoms with Gasteiger partial charge in [-0.15, -0.1) is 0 Å². The minimum Gasteiger partial charge on any atom is -0.312 e. The number of benzene rings is 2. The van der Waals surface area contributed by atoms with Gasteiger partial charge in [0.1, 0.15) is 5.41 Å². The summed E-state index contributed by atoms with van der Waals surface area (Å²) >= 11 is 6.12. The molecule has 2 aromatic carbocycles. The first-order valence-corrected chi connectivity index (χ1v) is 14.1. The van der Waals surface area contributed by atoms with Crippen molar-refractivity contribution in [3.05, 3.63) is 98.9 Å². The standard InChI is InChI=1S/C31H31ClN4O4/c1-2-20-8-12-25(13-9-20)36-29(39)31(28(38)33-30(36)40,15-21-6-10-24(32)11-7-21)19-34-16-22-14-23(18-34)26-4-3-5-27(37)35(26)17-22/h3-13,22-23H,2,14-19H2,1H3,(H,33,38,40)/t22-,23+,31?/m0/s1. The minimum atomic E-state index is -1.53. The smallest absolute Gasteiger partial charge is 0.312 e. The number of aromatic nitrogens is 1. The van der Waals surface area contributed by atoms with Crippen molar-refractivity contribution in [1.82, 2.24) is 14.8 Å². The van der Waals surface area contributed by atoms with Crippen molar-refractivity contribution in [2.45, 2.75) is 38.6 Å². The van der Waals surface area contributed by atoms with Crippen LogP contribution in [0.4, 0.5) is 10.5 Å². The van der Waals surface area contributed by atoms with Gasteiger partial charge in [-0.05, 0) is 66.6 Å². The Balaban J connectivity index is 1.37. The molecule has 3 aliphatic rings. The quantitative estimate of drug-likeness (QED) is 0.462. The summed E-state index contributed by atoms with van der Waals surface area (Å²) in [6, 6.07) is 19.0. The molecule has 9 heteroatoms. The van der Waals surface area contributed by atoms with Gasteiger partial charge in [-0.1, -0.05) is 48.9 Å². The Morgan fingerprint density at radius 2 is 1.62 bits per heavy atom. The number of amides is 4. The number of carbonyl (C=O) groups excluding carboxylic acids is 3. The fraction of sp³-hybridized carbons (Fsp3) is 0.355. The number of anilines is 1. The second-order valence-electron chi connectivity index (χ2n) is 11.2. The predicted molar refractivity (Wildman–Crippen MR) is 152 cm³/mol. The molecule has 0 radical (unpaired) electrons. The summed E-state index contributed by atoms with van der Waals surface area (Å²) < 4.78 is 1.86. The first kappa shape index (κ1) is 26.5. The molecule has 1 aromatic heterocycles. The molecule has 2 bridgehead atoms. The van der Waals surface area contributed by atoms with Crippen LogP contribution in [0.1, 0.15) is 36.1 Å². The summed E-state index contributed by atoms with van der Waals surface area (Å²) in [7, 11) is 0. The number of pyridine rings is 1. The fourth-order valence-corrected chi connectivity index (χ4v) is 6.73. The lowest BCUT2D eigenvalue weighted by atomic mass is 9.75. The molecule has 4 heterocycles. The molecule has 2 saturated heterocycles. The molecule has 4 amide bonds. The van der Waals surface area contributed by atoms with Crippen LogP contribution < -0.4 is 15.8 Å². The Kier molecular flexibility index (Phi) is 6.84. The van der Waals surface area contributed by atoms with E-state index < -0.39 is 23.3 Å². The molecule has 1 N–H and O–H groups in total. The monoisotopic (exact) mass is 558 g/mol. The molecule has 0 spiro atoms. The number of fused-ring (bicyclic) bond motifs is 4. The summed E-state index contributed by atoms with van der Waals surface area (Å²) in [5, 5.41) is 3.06. The lowest BCUT2D eigenvalue weighted by Crippen LogP contribution is -2.68. The Hall–Kier alpha value is -3.75. The van der Waals surface area contributed by atoms with E-state index in [0.717, 1.165) is 34.6 Å². The molecule has 0 saturated carbocycles. The van der Waals surface area contributed by atoms with Gasteiger partial charge in [0.05, 0.1) is 5.69 Å². The number of barbiturate groups is 1. The molecule has 0 aliphatic carbocycles. The molecular weight excluding hydrogens is 528 g/mol. The highest BCUT2D eigenvalue weighted by atomic mass is 35.5. The summed E-state index contributed by atoms with van der Waals surface area (Å²) in [4.78, 5) is 57.0. The number of imide groups is 2. The van der Waals surface area contributed by atoms with Gasteiger partial charge in [0, 0.05) is 48.9 Å². The molecule has 40 heavy (non-hydrogen) atoms. The van der Waals surface area contributed by atoms with Crippen molar-refractivity contribution < 1.29 is 14.4 Å². The van der Waals surface area contributed by atoms with Crippen LogP contribution in [-0.4, -0.2) is 46.9 Å². The zero-order valence-corrected chi connectivity index (χ0v) is 23.1. The van der Waals surface area contributed by atoms with Crippen LogP contribution in [0.25, 0.3) is 0 Å². The molecule has 3 atom stereocenters. The number of nitrogens with one attached hydrogen (secondary N) is 1. The highest BCUT2D eigenvalue weighted by molar-refractivity contribution is 6.31. The molecule has 2 fully saturated rings. The largest absolute Gasteiger partial charge is 0.335 e. The summed E-state index contributed by atoms with van der Waals surface area (Å²) in [5.74, 6) is -0.783. The maximum atomic E-state index is 14.4. The third-order valence-corrected chi connectivity index (χ3v) is 8.79. The normalized spacial score (nSPS) is 24.6. The van der Waals surface area contributed by atoms with E-state index in [1.54, 1.807) is 36.4 Å². The van der Waals surface area contributed by atoms with E-state index >= 15 is 0 Å². The number of carbonyl (C=O) groups is 3. The summed E-state index contributed by atoms with van der Waals surface area (Å²) in [6.45, 7) is 4.07. The molecule has 3 aliphatic heterocycles. The first-order chi connectivity index (χ1) is 19.3. The number of rotatable bonds is 6. The van der Waals surface area contributed by atoms with Gasteiger partial charge in [0.15, 0.2) is 0 Å². The van der Waals surface area contributed by atoms with Gasteiger partial charge in [-0.3, -0.25) is 19.7 Å². The van der Waals surface area contributed by atoms with E-state index in [9.17, 15) is 19.2 Å². The maximum absolute atomic E-state index is 14.4. The number of halogens is 1. The Morgan fingerprint density at radius 1 is 0.900 bits per heavy atom. The van der Waals surface area contributed by atoms with Crippen molar-refractivity contribution in [3.63, 3.8) is 0 Å². The number of hydrogen-bond acceptors (Lipinski definition) is 5. The Morgan fingerprint density at radius 3 is 2.35 bits per heavy atom. The van der Waals surface area contributed by atoms with Crippen molar-refractivity contribution in [1.29, 1.82) is 0 Å².